The van der Waals surface area contributed by atoms with Crippen LogP contribution in [0.2, 0.25) is 0 Å². The van der Waals surface area contributed by atoms with Gasteiger partial charge in [0.05, 0.1) is 19.8 Å². The molecule has 3 rings (SSSR count). The Bertz CT molecular complexity index is 788. The van der Waals surface area contributed by atoms with Gasteiger partial charge in [-0.1, -0.05) is 24.3 Å². The summed E-state index contributed by atoms with van der Waals surface area (Å²) in [5.41, 5.74) is 0.532. The van der Waals surface area contributed by atoms with Gasteiger partial charge in [0.1, 0.15) is 5.75 Å². The lowest BCUT2D eigenvalue weighted by atomic mass is 10.0. The Kier molecular flexibility index (Phi) is 4.40. The van der Waals surface area contributed by atoms with E-state index in [9.17, 15) is 14.7 Å². The monoisotopic (exact) mass is 329 g/mol. The number of ether oxygens (including phenoxy) is 2. The van der Waals surface area contributed by atoms with Gasteiger partial charge in [-0.2, -0.15) is 0 Å². The number of amides is 1. The third kappa shape index (κ3) is 2.92. The van der Waals surface area contributed by atoms with Crippen molar-refractivity contribution in [2.45, 2.75) is 19.1 Å². The molecule has 1 N–H and O–H groups in total. The maximum Gasteiger partial charge on any atom is 0.334 e. The fraction of sp³-hybridized carbons (Fsp3) is 0.333. The molecule has 6 heteroatoms. The number of carbonyl (C=O) groups excluding carboxylic acids is 1. The number of benzene rings is 2. The Labute approximate surface area is 139 Å². The van der Waals surface area contributed by atoms with E-state index < -0.39 is 12.1 Å². The average Bonchev–Trinajstić information content (AvgIpc) is 2.59. The molecule has 1 saturated heterocycles. The highest BCUT2D eigenvalue weighted by Crippen LogP contribution is 2.29. The van der Waals surface area contributed by atoms with Crippen molar-refractivity contribution in [3.05, 3.63) is 42.0 Å². The average molecular weight is 329 g/mol. The zero-order valence-electron chi connectivity index (χ0n) is 13.6. The SMILES string of the molecule is COc1ccc(C(=O)N2CC(C(=O)O)O[C@H](C)C2)c2ccccc12. The molecule has 1 amide bonds. The number of rotatable bonds is 3. The fourth-order valence-corrected chi connectivity index (χ4v) is 3.06. The molecular formula is C18H19NO5. The summed E-state index contributed by atoms with van der Waals surface area (Å²) in [6, 6.07) is 11.0. The van der Waals surface area contributed by atoms with E-state index >= 15 is 0 Å². The largest absolute Gasteiger partial charge is 0.496 e. The number of carboxylic acid groups (broad SMARTS) is 1. The van der Waals surface area contributed by atoms with Gasteiger partial charge in [0.15, 0.2) is 6.10 Å². The molecule has 24 heavy (non-hydrogen) atoms. The molecule has 0 spiro atoms. The molecule has 126 valence electrons. The second-order valence-corrected chi connectivity index (χ2v) is 5.84. The van der Waals surface area contributed by atoms with Gasteiger partial charge in [-0.25, -0.2) is 4.79 Å². The van der Waals surface area contributed by atoms with E-state index in [0.717, 1.165) is 10.8 Å². The summed E-state index contributed by atoms with van der Waals surface area (Å²) in [7, 11) is 1.59. The number of hydrogen-bond acceptors (Lipinski definition) is 4. The Morgan fingerprint density at radius 1 is 1.17 bits per heavy atom. The molecule has 6 nitrogen and oxygen atoms in total. The number of aliphatic carboxylic acids is 1. The van der Waals surface area contributed by atoms with E-state index in [1.807, 2.05) is 24.3 Å². The van der Waals surface area contributed by atoms with Crippen LogP contribution in [-0.2, 0) is 9.53 Å². The van der Waals surface area contributed by atoms with Crippen LogP contribution < -0.4 is 4.74 Å². The van der Waals surface area contributed by atoms with E-state index in [2.05, 4.69) is 0 Å². The zero-order valence-corrected chi connectivity index (χ0v) is 13.6. The van der Waals surface area contributed by atoms with Crippen LogP contribution in [0, 0.1) is 0 Å². The number of fused-ring (bicyclic) bond motifs is 1. The molecule has 1 aliphatic rings. The van der Waals surface area contributed by atoms with Gasteiger partial charge in [-0.15, -0.1) is 0 Å². The minimum Gasteiger partial charge on any atom is -0.496 e. The third-order valence-corrected chi connectivity index (χ3v) is 4.16. The van der Waals surface area contributed by atoms with Gasteiger partial charge in [-0.05, 0) is 24.4 Å². The molecule has 1 aliphatic heterocycles. The Morgan fingerprint density at radius 3 is 2.54 bits per heavy atom. The highest BCUT2D eigenvalue weighted by Gasteiger charge is 2.33. The van der Waals surface area contributed by atoms with Crippen LogP contribution in [0.15, 0.2) is 36.4 Å². The molecule has 0 saturated carbocycles. The van der Waals surface area contributed by atoms with Crippen LogP contribution in [0.25, 0.3) is 10.8 Å². The number of carbonyl (C=O) groups is 2. The van der Waals surface area contributed by atoms with Crippen molar-refractivity contribution in [2.75, 3.05) is 20.2 Å². The maximum atomic E-state index is 13.0. The van der Waals surface area contributed by atoms with Crippen LogP contribution in [0.3, 0.4) is 0 Å². The predicted molar refractivity (Wildman–Crippen MR) is 88.4 cm³/mol. The van der Waals surface area contributed by atoms with Gasteiger partial charge in [0.25, 0.3) is 5.91 Å². The van der Waals surface area contributed by atoms with Crippen molar-refractivity contribution in [3.8, 4) is 5.75 Å². The van der Waals surface area contributed by atoms with Gasteiger partial charge in [-0.3, -0.25) is 4.79 Å². The Hall–Kier alpha value is -2.60. The smallest absolute Gasteiger partial charge is 0.334 e. The second kappa shape index (κ2) is 6.49. The third-order valence-electron chi connectivity index (χ3n) is 4.16. The zero-order chi connectivity index (χ0) is 17.3. The van der Waals surface area contributed by atoms with Crippen molar-refractivity contribution in [2.24, 2.45) is 0 Å². The minimum atomic E-state index is -1.06. The molecule has 0 aliphatic carbocycles. The van der Waals surface area contributed by atoms with Crippen LogP contribution in [0.4, 0.5) is 0 Å². The number of morpholine rings is 1. The molecule has 0 aromatic heterocycles. The first-order valence-electron chi connectivity index (χ1n) is 7.74. The van der Waals surface area contributed by atoms with E-state index in [4.69, 9.17) is 9.47 Å². The summed E-state index contributed by atoms with van der Waals surface area (Å²) in [5, 5.41) is 10.8. The van der Waals surface area contributed by atoms with Crippen molar-refractivity contribution in [1.29, 1.82) is 0 Å². The van der Waals surface area contributed by atoms with Gasteiger partial charge in [0, 0.05) is 17.5 Å². The van der Waals surface area contributed by atoms with Gasteiger partial charge >= 0.3 is 5.97 Å². The van der Waals surface area contributed by atoms with E-state index in [1.165, 1.54) is 0 Å². The maximum absolute atomic E-state index is 13.0. The molecule has 2 aromatic rings. The van der Waals surface area contributed by atoms with Crippen LogP contribution in [0.5, 0.6) is 5.75 Å². The quantitative estimate of drug-likeness (QED) is 0.934. The van der Waals surface area contributed by atoms with Crippen LogP contribution in [0.1, 0.15) is 17.3 Å². The second-order valence-electron chi connectivity index (χ2n) is 5.84. The lowest BCUT2D eigenvalue weighted by Gasteiger charge is -2.35. The summed E-state index contributed by atoms with van der Waals surface area (Å²) >= 11 is 0. The molecule has 1 fully saturated rings. The minimum absolute atomic E-state index is 0.0405. The van der Waals surface area contributed by atoms with Gasteiger partial charge in [0.2, 0.25) is 0 Å². The van der Waals surface area contributed by atoms with E-state index in [1.54, 1.807) is 31.1 Å². The Morgan fingerprint density at radius 2 is 1.88 bits per heavy atom. The van der Waals surface area contributed by atoms with E-state index in [0.29, 0.717) is 17.9 Å². The molecule has 1 heterocycles. The molecule has 1 unspecified atom stereocenters. The summed E-state index contributed by atoms with van der Waals surface area (Å²) in [5.74, 6) is -0.560. The first kappa shape index (κ1) is 16.3. The predicted octanol–water partition coefficient (Wildman–Crippen LogP) is 2.16. The first-order valence-corrected chi connectivity index (χ1v) is 7.74. The molecule has 2 aromatic carbocycles. The molecule has 2 atom stereocenters. The summed E-state index contributed by atoms with van der Waals surface area (Å²) in [6.45, 7) is 2.17. The normalized spacial score (nSPS) is 20.8. The van der Waals surface area contributed by atoms with Crippen molar-refractivity contribution < 1.29 is 24.2 Å². The highest BCUT2D eigenvalue weighted by molar-refractivity contribution is 6.08. The summed E-state index contributed by atoms with van der Waals surface area (Å²) in [4.78, 5) is 25.7. The van der Waals surface area contributed by atoms with E-state index in [-0.39, 0.29) is 18.6 Å². The molecular weight excluding hydrogens is 310 g/mol. The fourth-order valence-electron chi connectivity index (χ4n) is 3.06. The van der Waals surface area contributed by atoms with Crippen molar-refractivity contribution in [1.82, 2.24) is 4.90 Å². The summed E-state index contributed by atoms with van der Waals surface area (Å²) < 4.78 is 10.7. The number of carboxylic acids is 1. The Balaban J connectivity index is 1.98. The first-order chi connectivity index (χ1) is 11.5. The van der Waals surface area contributed by atoms with Crippen LogP contribution >= 0.6 is 0 Å². The number of nitrogens with zero attached hydrogens (tertiary/aromatic N) is 1. The standard InChI is InChI=1S/C18H19NO5/c1-11-9-19(10-16(24-11)18(21)22)17(20)14-7-8-15(23-2)13-6-4-3-5-12(13)14/h3-8,11,16H,9-10H2,1-2H3,(H,21,22)/t11-,16?/m1/s1. The molecule has 0 bridgehead atoms. The number of hydrogen-bond donors (Lipinski definition) is 1. The van der Waals surface area contributed by atoms with Crippen LogP contribution in [-0.4, -0.2) is 54.3 Å². The van der Waals surface area contributed by atoms with Gasteiger partial charge < -0.3 is 19.5 Å². The van der Waals surface area contributed by atoms with Crippen molar-refractivity contribution in [3.63, 3.8) is 0 Å². The molecule has 0 radical (unpaired) electrons. The number of methoxy groups -OCH3 is 1. The highest BCUT2D eigenvalue weighted by atomic mass is 16.5. The topological polar surface area (TPSA) is 76.1 Å². The lowest BCUT2D eigenvalue weighted by Crippen LogP contribution is -2.51. The van der Waals surface area contributed by atoms with Crippen molar-refractivity contribution >= 4 is 22.6 Å². The lowest BCUT2D eigenvalue weighted by molar-refractivity contribution is -0.160. The summed E-state index contributed by atoms with van der Waals surface area (Å²) in [6.07, 6.45) is -1.32.